The maximum atomic E-state index is 14.0. The van der Waals surface area contributed by atoms with Gasteiger partial charge in [-0.25, -0.2) is 13.3 Å². The maximum absolute atomic E-state index is 14.0. The van der Waals surface area contributed by atoms with Gasteiger partial charge in [0.1, 0.15) is 6.17 Å². The summed E-state index contributed by atoms with van der Waals surface area (Å²) >= 11 is 0. The summed E-state index contributed by atoms with van der Waals surface area (Å²) in [5.74, 6) is 4.37. The van der Waals surface area contributed by atoms with Gasteiger partial charge in [0.2, 0.25) is 0 Å². The van der Waals surface area contributed by atoms with Gasteiger partial charge in [-0.1, -0.05) is 30.3 Å². The van der Waals surface area contributed by atoms with Gasteiger partial charge >= 0.3 is 0 Å². The highest BCUT2D eigenvalue weighted by atomic mass is 32.2. The van der Waals surface area contributed by atoms with E-state index in [2.05, 4.69) is 20.5 Å². The molecule has 2 aliphatic rings. The number of alkyl halides is 1. The quantitative estimate of drug-likeness (QED) is 0.316. The smallest absolute Gasteiger partial charge is 0.253 e. The molecule has 6 nitrogen and oxygen atoms in total. The number of nitrogens with zero attached hydrogens (tertiary/aromatic N) is 1. The lowest BCUT2D eigenvalue weighted by Crippen LogP contribution is -2.40. The first-order valence-electron chi connectivity index (χ1n) is 14.8. The summed E-state index contributed by atoms with van der Waals surface area (Å²) < 4.78 is 38.7. The van der Waals surface area contributed by atoms with Crippen molar-refractivity contribution in [3.63, 3.8) is 0 Å². The van der Waals surface area contributed by atoms with Crippen LogP contribution in [0.5, 0.6) is 0 Å². The highest BCUT2D eigenvalue weighted by molar-refractivity contribution is 7.98. The van der Waals surface area contributed by atoms with E-state index in [1.54, 1.807) is 0 Å². The Kier molecular flexibility index (Phi) is 8.65. The van der Waals surface area contributed by atoms with Gasteiger partial charge in [0.25, 0.3) is 5.91 Å². The monoisotopic (exact) mass is 581 g/mol. The number of hydrogen-bond acceptors (Lipinski definition) is 3. The molecule has 8 heteroatoms. The second-order valence-electron chi connectivity index (χ2n) is 12.8. The molecule has 2 aromatic carbocycles. The van der Waals surface area contributed by atoms with Crippen LogP contribution in [0.2, 0.25) is 0 Å². The molecule has 1 aliphatic carbocycles. The minimum Gasteiger partial charge on any atom is -0.381 e. The fraction of sp³-hybridized carbons (Fsp3) is 0.515. The summed E-state index contributed by atoms with van der Waals surface area (Å²) in [7, 11) is -2.78. The molecule has 1 saturated carbocycles. The van der Waals surface area contributed by atoms with Crippen LogP contribution in [-0.2, 0) is 21.0 Å². The Balaban J connectivity index is 1.60. The Bertz CT molecular complexity index is 1510. The molecule has 1 unspecified atom stereocenters. The van der Waals surface area contributed by atoms with E-state index in [1.165, 1.54) is 0 Å². The molecule has 222 valence electrons. The second-order valence-corrected chi connectivity index (χ2v) is 14.8. The third kappa shape index (κ3) is 6.71. The van der Waals surface area contributed by atoms with Crippen molar-refractivity contribution < 1.29 is 18.1 Å². The van der Waals surface area contributed by atoms with E-state index in [0.29, 0.717) is 42.4 Å². The molecule has 2 N–H and O–H groups in total. The molecular formula is C33H44FN3O3S. The standard InChI is InChI=1S/C33H44FN3O3S/c1-22-29(32(38)35-25-16-18-40-19-17-25)20-30(37(22)21-23-10-12-24(34)13-11-23)27-14-15-31(28-9-7-6-8-26(27)28)41(5,39)36-33(2,3)4/h6-9,14-15,20,23-25H,5,10-13,16-19,21H2,1-4H3,(H,35,38)(H,36,39). The van der Waals surface area contributed by atoms with Crippen LogP contribution in [-0.4, -0.2) is 51.5 Å². The lowest BCUT2D eigenvalue weighted by atomic mass is 9.88. The van der Waals surface area contributed by atoms with Gasteiger partial charge < -0.3 is 14.6 Å². The molecule has 0 bridgehead atoms. The van der Waals surface area contributed by atoms with Crippen LogP contribution < -0.4 is 10.0 Å². The van der Waals surface area contributed by atoms with Crippen molar-refractivity contribution in [2.24, 2.45) is 5.92 Å². The van der Waals surface area contributed by atoms with E-state index in [9.17, 15) is 13.4 Å². The van der Waals surface area contributed by atoms with Gasteiger partial charge in [0.15, 0.2) is 0 Å². The molecule has 1 aliphatic heterocycles. The van der Waals surface area contributed by atoms with Gasteiger partial charge in [-0.15, -0.1) is 0 Å². The molecule has 5 rings (SSSR count). The number of rotatable bonds is 7. The number of benzene rings is 2. The van der Waals surface area contributed by atoms with E-state index < -0.39 is 15.9 Å². The number of fused-ring (bicyclic) bond motifs is 1. The first-order chi connectivity index (χ1) is 19.4. The number of nitrogens with one attached hydrogen (secondary N) is 2. The summed E-state index contributed by atoms with van der Waals surface area (Å²) in [5.41, 5.74) is 3.12. The maximum Gasteiger partial charge on any atom is 0.253 e. The molecule has 1 atom stereocenters. The minimum atomic E-state index is -2.78. The van der Waals surface area contributed by atoms with E-state index in [-0.39, 0.29) is 17.5 Å². The Morgan fingerprint density at radius 1 is 1.05 bits per heavy atom. The first-order valence-corrected chi connectivity index (χ1v) is 16.6. The van der Waals surface area contributed by atoms with Crippen LogP contribution >= 0.6 is 0 Å². The largest absolute Gasteiger partial charge is 0.381 e. The Labute approximate surface area is 244 Å². The average molecular weight is 582 g/mol. The fourth-order valence-electron chi connectivity index (χ4n) is 6.33. The summed E-state index contributed by atoms with van der Waals surface area (Å²) in [4.78, 5) is 14.2. The number of carbonyl (C=O) groups is 1. The third-order valence-corrected chi connectivity index (χ3v) is 10.4. The van der Waals surface area contributed by atoms with Crippen LogP contribution in [0.15, 0.2) is 47.4 Å². The predicted octanol–water partition coefficient (Wildman–Crippen LogP) is 6.43. The van der Waals surface area contributed by atoms with Crippen LogP contribution in [0.3, 0.4) is 0 Å². The summed E-state index contributed by atoms with van der Waals surface area (Å²) in [6.45, 7) is 9.99. The Morgan fingerprint density at radius 2 is 1.71 bits per heavy atom. The number of amides is 1. The van der Waals surface area contributed by atoms with Crippen LogP contribution in [0.4, 0.5) is 4.39 Å². The molecule has 41 heavy (non-hydrogen) atoms. The molecule has 1 aromatic heterocycles. The molecule has 1 amide bonds. The second kappa shape index (κ2) is 11.9. The zero-order valence-electron chi connectivity index (χ0n) is 24.8. The Morgan fingerprint density at radius 3 is 2.37 bits per heavy atom. The molecule has 2 fully saturated rings. The topological polar surface area (TPSA) is 72.4 Å². The van der Waals surface area contributed by atoms with Crippen LogP contribution in [0, 0.1) is 12.8 Å². The molecule has 0 spiro atoms. The molecule has 1 saturated heterocycles. The third-order valence-electron chi connectivity index (χ3n) is 8.37. The number of ether oxygens (including phenoxy) is 1. The van der Waals surface area contributed by atoms with Crippen molar-refractivity contribution in [3.8, 4) is 11.3 Å². The van der Waals surface area contributed by atoms with E-state index >= 15 is 0 Å². The van der Waals surface area contributed by atoms with E-state index in [0.717, 1.165) is 60.0 Å². The summed E-state index contributed by atoms with van der Waals surface area (Å²) in [5, 5.41) is 5.06. The fourth-order valence-corrected chi connectivity index (χ4v) is 8.25. The zero-order valence-corrected chi connectivity index (χ0v) is 25.6. The van der Waals surface area contributed by atoms with Gasteiger partial charge in [-0.3, -0.25) is 4.79 Å². The SMILES string of the molecule is C=S(=O)(NC(C)(C)C)c1ccc(-c2cc(C(=O)NC3CCOCC3)c(C)n2CC2CCC(F)CC2)c2ccccc12. The average Bonchev–Trinajstić information content (AvgIpc) is 3.24. The Hall–Kier alpha value is -2.68. The minimum absolute atomic E-state index is 0.0713. The number of halogens is 1. The van der Waals surface area contributed by atoms with Crippen molar-refractivity contribution in [3.05, 3.63) is 53.7 Å². The van der Waals surface area contributed by atoms with Crippen molar-refractivity contribution in [2.75, 3.05) is 13.2 Å². The number of carbonyl (C=O) groups excluding carboxylic acids is 1. The number of aromatic nitrogens is 1. The van der Waals surface area contributed by atoms with Crippen molar-refractivity contribution in [1.82, 2.24) is 14.6 Å². The van der Waals surface area contributed by atoms with Gasteiger partial charge in [0, 0.05) is 48.3 Å². The zero-order chi connectivity index (χ0) is 29.4. The van der Waals surface area contributed by atoms with Crippen LogP contribution in [0.25, 0.3) is 22.0 Å². The highest BCUT2D eigenvalue weighted by Crippen LogP contribution is 2.37. The van der Waals surface area contributed by atoms with E-state index in [1.807, 2.05) is 70.2 Å². The summed E-state index contributed by atoms with van der Waals surface area (Å²) in [6, 6.07) is 14.0. The molecular weight excluding hydrogens is 537 g/mol. The van der Waals surface area contributed by atoms with Gasteiger partial charge in [-0.05, 0) is 101 Å². The summed E-state index contributed by atoms with van der Waals surface area (Å²) in [6.07, 6.45) is 3.76. The van der Waals surface area contributed by atoms with Crippen LogP contribution in [0.1, 0.15) is 75.3 Å². The van der Waals surface area contributed by atoms with E-state index in [4.69, 9.17) is 4.74 Å². The van der Waals surface area contributed by atoms with Crippen molar-refractivity contribution >= 4 is 32.3 Å². The molecule has 0 radical (unpaired) electrons. The van der Waals surface area contributed by atoms with Gasteiger partial charge in [0.05, 0.1) is 20.2 Å². The molecule has 3 aromatic rings. The van der Waals surface area contributed by atoms with Gasteiger partial charge in [-0.2, -0.15) is 0 Å². The lowest BCUT2D eigenvalue weighted by Gasteiger charge is -2.27. The predicted molar refractivity (Wildman–Crippen MR) is 167 cm³/mol. The van der Waals surface area contributed by atoms with Crippen molar-refractivity contribution in [1.29, 1.82) is 0 Å². The first kappa shape index (κ1) is 29.8. The number of hydrogen-bond donors (Lipinski definition) is 2. The highest BCUT2D eigenvalue weighted by Gasteiger charge is 2.27. The van der Waals surface area contributed by atoms with Crippen molar-refractivity contribution in [2.45, 2.75) is 95.4 Å². The normalized spacial score (nSPS) is 22.0. The lowest BCUT2D eigenvalue weighted by molar-refractivity contribution is 0.0696. The molecule has 2 heterocycles.